The maximum absolute atomic E-state index is 11.5. The molecule has 0 fully saturated rings. The first-order valence-electron chi connectivity index (χ1n) is 5.56. The summed E-state index contributed by atoms with van der Waals surface area (Å²) in [5, 5.41) is 2.88. The molecule has 0 aliphatic heterocycles. The van der Waals surface area contributed by atoms with Gasteiger partial charge in [-0.1, -0.05) is 13.8 Å². The summed E-state index contributed by atoms with van der Waals surface area (Å²) in [6.45, 7) is 4.07. The molecule has 88 valence electrons. The van der Waals surface area contributed by atoms with Crippen LogP contribution in [0.3, 0.4) is 0 Å². The minimum atomic E-state index is 0.0765. The number of carbonyl (C=O) groups excluding carboxylic acids is 1. The fraction of sp³-hybridized carbons (Fsp3) is 0.462. The zero-order chi connectivity index (χ0) is 12.1. The lowest BCUT2D eigenvalue weighted by Crippen LogP contribution is -2.14. The van der Waals surface area contributed by atoms with Crippen molar-refractivity contribution in [2.24, 2.45) is 5.92 Å². The molecule has 0 radical (unpaired) electrons. The van der Waals surface area contributed by atoms with E-state index in [0.29, 0.717) is 12.3 Å². The van der Waals surface area contributed by atoms with Gasteiger partial charge >= 0.3 is 0 Å². The molecule has 0 unspecified atom stereocenters. The molecule has 3 nitrogen and oxygen atoms in total. The molecular formula is C13H20N2O. The van der Waals surface area contributed by atoms with E-state index < -0.39 is 0 Å². The monoisotopic (exact) mass is 220 g/mol. The average Bonchev–Trinajstić information content (AvgIpc) is 2.16. The zero-order valence-electron chi connectivity index (χ0n) is 10.4. The lowest BCUT2D eigenvalue weighted by atomic mass is 10.1. The van der Waals surface area contributed by atoms with Crippen LogP contribution in [-0.2, 0) is 4.79 Å². The van der Waals surface area contributed by atoms with Gasteiger partial charge in [0.2, 0.25) is 5.91 Å². The number of carbonyl (C=O) groups is 1. The van der Waals surface area contributed by atoms with Gasteiger partial charge in [0, 0.05) is 31.9 Å². The summed E-state index contributed by atoms with van der Waals surface area (Å²) < 4.78 is 0. The normalized spacial score (nSPS) is 10.3. The van der Waals surface area contributed by atoms with Gasteiger partial charge in [0.25, 0.3) is 0 Å². The van der Waals surface area contributed by atoms with Crippen molar-refractivity contribution < 1.29 is 4.79 Å². The Hall–Kier alpha value is -1.51. The van der Waals surface area contributed by atoms with E-state index in [2.05, 4.69) is 5.32 Å². The minimum Gasteiger partial charge on any atom is -0.378 e. The van der Waals surface area contributed by atoms with Crippen molar-refractivity contribution in [3.8, 4) is 0 Å². The molecule has 0 heterocycles. The van der Waals surface area contributed by atoms with Gasteiger partial charge in [-0.25, -0.2) is 0 Å². The quantitative estimate of drug-likeness (QED) is 0.846. The molecule has 0 saturated heterocycles. The number of amides is 1. The van der Waals surface area contributed by atoms with Crippen LogP contribution in [0.5, 0.6) is 0 Å². The van der Waals surface area contributed by atoms with Crippen molar-refractivity contribution in [2.45, 2.75) is 20.3 Å². The Bertz CT molecular complexity index is 341. The molecule has 0 saturated carbocycles. The van der Waals surface area contributed by atoms with E-state index in [0.717, 1.165) is 11.4 Å². The average molecular weight is 220 g/mol. The van der Waals surface area contributed by atoms with E-state index in [4.69, 9.17) is 0 Å². The molecule has 1 aromatic carbocycles. The highest BCUT2D eigenvalue weighted by molar-refractivity contribution is 5.90. The molecule has 1 N–H and O–H groups in total. The fourth-order valence-corrected chi connectivity index (χ4v) is 1.43. The van der Waals surface area contributed by atoms with E-state index in [1.807, 2.05) is 57.1 Å². The molecule has 3 heteroatoms. The molecule has 0 aromatic heterocycles. The van der Waals surface area contributed by atoms with Crippen molar-refractivity contribution in [1.29, 1.82) is 0 Å². The third-order valence-electron chi connectivity index (χ3n) is 2.26. The van der Waals surface area contributed by atoms with Crippen molar-refractivity contribution >= 4 is 17.3 Å². The maximum atomic E-state index is 11.5. The van der Waals surface area contributed by atoms with E-state index >= 15 is 0 Å². The van der Waals surface area contributed by atoms with Crippen LogP contribution < -0.4 is 10.2 Å². The molecule has 1 amide bonds. The summed E-state index contributed by atoms with van der Waals surface area (Å²) >= 11 is 0. The summed E-state index contributed by atoms with van der Waals surface area (Å²) in [6, 6.07) is 7.83. The SMILES string of the molecule is CC(C)CC(=O)Nc1ccc(N(C)C)cc1. The van der Waals surface area contributed by atoms with Gasteiger partial charge in [-0.2, -0.15) is 0 Å². The first kappa shape index (κ1) is 12.6. The molecule has 0 aliphatic rings. The van der Waals surface area contributed by atoms with E-state index in [-0.39, 0.29) is 5.91 Å². The van der Waals surface area contributed by atoms with Crippen molar-refractivity contribution in [3.63, 3.8) is 0 Å². The fourth-order valence-electron chi connectivity index (χ4n) is 1.43. The van der Waals surface area contributed by atoms with Crippen LogP contribution in [0, 0.1) is 5.92 Å². The topological polar surface area (TPSA) is 32.3 Å². The molecule has 0 spiro atoms. The summed E-state index contributed by atoms with van der Waals surface area (Å²) in [5.74, 6) is 0.466. The summed E-state index contributed by atoms with van der Waals surface area (Å²) in [5.41, 5.74) is 1.98. The van der Waals surface area contributed by atoms with Crippen molar-refractivity contribution in [3.05, 3.63) is 24.3 Å². The smallest absolute Gasteiger partial charge is 0.224 e. The Morgan fingerprint density at radius 3 is 2.25 bits per heavy atom. The first-order valence-corrected chi connectivity index (χ1v) is 5.56. The Morgan fingerprint density at radius 1 is 1.25 bits per heavy atom. The first-order chi connectivity index (χ1) is 7.49. The van der Waals surface area contributed by atoms with E-state index in [1.54, 1.807) is 0 Å². The third kappa shape index (κ3) is 3.93. The van der Waals surface area contributed by atoms with Crippen LogP contribution in [0.15, 0.2) is 24.3 Å². The number of nitrogens with zero attached hydrogens (tertiary/aromatic N) is 1. The second kappa shape index (κ2) is 5.54. The highest BCUT2D eigenvalue weighted by Crippen LogP contribution is 2.16. The Labute approximate surface area is 97.5 Å². The van der Waals surface area contributed by atoms with Gasteiger partial charge in [0.1, 0.15) is 0 Å². The molecular weight excluding hydrogens is 200 g/mol. The van der Waals surface area contributed by atoms with Crippen LogP contribution in [0.2, 0.25) is 0 Å². The second-order valence-electron chi connectivity index (χ2n) is 4.59. The second-order valence-corrected chi connectivity index (χ2v) is 4.59. The molecule has 1 aromatic rings. The largest absolute Gasteiger partial charge is 0.378 e. The summed E-state index contributed by atoms with van der Waals surface area (Å²) in [7, 11) is 3.98. The number of nitrogens with one attached hydrogen (secondary N) is 1. The highest BCUT2D eigenvalue weighted by Gasteiger charge is 2.05. The molecule has 1 rings (SSSR count). The standard InChI is InChI=1S/C13H20N2O/c1-10(2)9-13(16)14-11-5-7-12(8-6-11)15(3)4/h5-8,10H,9H2,1-4H3,(H,14,16). The molecule has 0 bridgehead atoms. The van der Waals surface area contributed by atoms with Gasteiger partial charge in [-0.15, -0.1) is 0 Å². The Balaban J connectivity index is 2.58. The van der Waals surface area contributed by atoms with Crippen LogP contribution in [0.4, 0.5) is 11.4 Å². The number of hydrogen-bond donors (Lipinski definition) is 1. The zero-order valence-corrected chi connectivity index (χ0v) is 10.4. The van der Waals surface area contributed by atoms with Crippen molar-refractivity contribution in [1.82, 2.24) is 0 Å². The minimum absolute atomic E-state index is 0.0765. The van der Waals surface area contributed by atoms with Gasteiger partial charge in [-0.05, 0) is 30.2 Å². The predicted molar refractivity (Wildman–Crippen MR) is 68.9 cm³/mol. The Kier molecular flexibility index (Phi) is 4.35. The maximum Gasteiger partial charge on any atom is 0.224 e. The lowest BCUT2D eigenvalue weighted by molar-refractivity contribution is -0.116. The number of anilines is 2. The van der Waals surface area contributed by atoms with Gasteiger partial charge < -0.3 is 10.2 Å². The van der Waals surface area contributed by atoms with Crippen LogP contribution in [-0.4, -0.2) is 20.0 Å². The molecule has 0 aliphatic carbocycles. The number of benzene rings is 1. The number of rotatable bonds is 4. The number of hydrogen-bond acceptors (Lipinski definition) is 2. The summed E-state index contributed by atoms with van der Waals surface area (Å²) in [6.07, 6.45) is 0.565. The highest BCUT2D eigenvalue weighted by atomic mass is 16.1. The molecule has 0 atom stereocenters. The predicted octanol–water partition coefficient (Wildman–Crippen LogP) is 2.74. The van der Waals surface area contributed by atoms with E-state index in [1.165, 1.54) is 0 Å². The van der Waals surface area contributed by atoms with Crippen LogP contribution in [0.25, 0.3) is 0 Å². The van der Waals surface area contributed by atoms with Gasteiger partial charge in [0.05, 0.1) is 0 Å². The van der Waals surface area contributed by atoms with Crippen LogP contribution in [0.1, 0.15) is 20.3 Å². The van der Waals surface area contributed by atoms with Crippen molar-refractivity contribution in [2.75, 3.05) is 24.3 Å². The summed E-state index contributed by atoms with van der Waals surface area (Å²) in [4.78, 5) is 13.5. The van der Waals surface area contributed by atoms with Crippen LogP contribution >= 0.6 is 0 Å². The molecule has 16 heavy (non-hydrogen) atoms. The lowest BCUT2D eigenvalue weighted by Gasteiger charge is -2.13. The van der Waals surface area contributed by atoms with E-state index in [9.17, 15) is 4.79 Å². The Morgan fingerprint density at radius 2 is 1.81 bits per heavy atom. The third-order valence-corrected chi connectivity index (χ3v) is 2.26. The van der Waals surface area contributed by atoms with Gasteiger partial charge in [0.15, 0.2) is 0 Å². The van der Waals surface area contributed by atoms with Gasteiger partial charge in [-0.3, -0.25) is 4.79 Å².